The van der Waals surface area contributed by atoms with Gasteiger partial charge in [-0.15, -0.1) is 12.4 Å². The number of aliphatic carboxylic acids is 1. The summed E-state index contributed by atoms with van der Waals surface area (Å²) in [6.07, 6.45) is 2.79. The van der Waals surface area contributed by atoms with Crippen LogP contribution < -0.4 is 21.3 Å². The maximum Gasteiger partial charge on any atom is 0.323 e. The van der Waals surface area contributed by atoms with Crippen molar-refractivity contribution >= 4 is 47.4 Å². The topological polar surface area (TPSA) is 134 Å². The number of urea groups is 1. The van der Waals surface area contributed by atoms with Crippen molar-refractivity contribution in [2.45, 2.75) is 79.1 Å². The van der Waals surface area contributed by atoms with E-state index in [4.69, 9.17) is 10.5 Å². The molecule has 0 aromatic heterocycles. The number of nitrogens with one attached hydrogen (secondary N) is 2. The van der Waals surface area contributed by atoms with Gasteiger partial charge in [0, 0.05) is 25.2 Å². The molecule has 9 nitrogen and oxygen atoms in total. The van der Waals surface area contributed by atoms with Crippen LogP contribution >= 0.6 is 12.4 Å². The number of ether oxygens (including phenoxy) is 1. The van der Waals surface area contributed by atoms with Crippen LogP contribution in [0.2, 0.25) is 0 Å². The summed E-state index contributed by atoms with van der Waals surface area (Å²) in [6, 6.07) is 13.0. The number of rotatable bonds is 18. The molecule has 0 aliphatic carbocycles. The van der Waals surface area contributed by atoms with E-state index in [1.165, 1.54) is 0 Å². The van der Waals surface area contributed by atoms with Crippen molar-refractivity contribution in [2.75, 3.05) is 41.8 Å². The molecule has 5 N–H and O–H groups in total. The minimum Gasteiger partial charge on any atom is -0.481 e. The summed E-state index contributed by atoms with van der Waals surface area (Å²) in [5.74, 6) is -0.678. The number of esters is 1. The van der Waals surface area contributed by atoms with E-state index in [0.717, 1.165) is 36.3 Å². The van der Waals surface area contributed by atoms with Gasteiger partial charge in [-0.1, -0.05) is 51.5 Å². The van der Waals surface area contributed by atoms with Crippen molar-refractivity contribution in [3.05, 3.63) is 53.6 Å². The Morgan fingerprint density at radius 3 is 2.16 bits per heavy atom. The Labute approximate surface area is 263 Å². The first-order valence-electron chi connectivity index (χ1n) is 15.1. The molecule has 0 fully saturated rings. The van der Waals surface area contributed by atoms with Gasteiger partial charge in [-0.25, -0.2) is 4.79 Å². The van der Waals surface area contributed by atoms with E-state index in [-0.39, 0.29) is 43.4 Å². The van der Waals surface area contributed by atoms with Crippen molar-refractivity contribution in [3.8, 4) is 0 Å². The fourth-order valence-corrected chi connectivity index (χ4v) is 4.86. The first-order valence-corrected chi connectivity index (χ1v) is 15.1. The lowest BCUT2D eigenvalue weighted by Crippen LogP contribution is -2.32. The number of carboxylic acid groups (broad SMARTS) is 1. The predicted molar refractivity (Wildman–Crippen MR) is 177 cm³/mol. The molecule has 10 heteroatoms. The molecule has 1 atom stereocenters. The highest BCUT2D eigenvalue weighted by Crippen LogP contribution is 2.34. The summed E-state index contributed by atoms with van der Waals surface area (Å²) in [6.45, 7) is 13.0. The molecule has 1 unspecified atom stereocenters. The highest BCUT2D eigenvalue weighted by atomic mass is 35.5. The molecule has 0 saturated carbocycles. The number of hydrogen-bond donors (Lipinski definition) is 4. The van der Waals surface area contributed by atoms with Crippen molar-refractivity contribution in [1.29, 1.82) is 0 Å². The molecule has 0 spiro atoms. The van der Waals surface area contributed by atoms with Gasteiger partial charge in [0.1, 0.15) is 0 Å². The van der Waals surface area contributed by atoms with Gasteiger partial charge < -0.3 is 31.1 Å². The predicted octanol–water partition coefficient (Wildman–Crippen LogP) is 7.19. The van der Waals surface area contributed by atoms with E-state index < -0.39 is 5.97 Å². The van der Waals surface area contributed by atoms with E-state index in [1.807, 2.05) is 49.4 Å². The normalized spacial score (nSPS) is 11.5. The lowest BCUT2D eigenvalue weighted by Gasteiger charge is -2.31. The number of amides is 2. The third-order valence-electron chi connectivity index (χ3n) is 6.78. The van der Waals surface area contributed by atoms with E-state index in [1.54, 1.807) is 0 Å². The maximum atomic E-state index is 13.1. The molecule has 0 aliphatic heterocycles. The second-order valence-electron chi connectivity index (χ2n) is 11.8. The number of carboxylic acids is 1. The van der Waals surface area contributed by atoms with Crippen LogP contribution in [0.5, 0.6) is 0 Å². The quantitative estimate of drug-likeness (QED) is 0.103. The van der Waals surface area contributed by atoms with E-state index in [9.17, 15) is 19.5 Å². The van der Waals surface area contributed by atoms with Crippen LogP contribution in [-0.4, -0.2) is 49.3 Å². The number of hydrogen-bond acceptors (Lipinski definition) is 6. The number of benzene rings is 2. The molecule has 43 heavy (non-hydrogen) atoms. The number of nitrogens with two attached hydrogens (primary N) is 1. The zero-order chi connectivity index (χ0) is 31.1. The summed E-state index contributed by atoms with van der Waals surface area (Å²) in [5.41, 5.74) is 9.59. The number of carbonyl (C=O) groups is 3. The van der Waals surface area contributed by atoms with Crippen LogP contribution in [-0.2, 0) is 14.3 Å². The summed E-state index contributed by atoms with van der Waals surface area (Å²) in [7, 11) is 0. The van der Waals surface area contributed by atoms with Crippen LogP contribution in [0.1, 0.15) is 83.3 Å². The Kier molecular flexibility index (Phi) is 17.4. The standard InChI is InChI=1S/C33H50N4O5.ClH/c1-23(2)21-37(22-24(3)4)30-16-13-27(19-29(30)36-33(41)35-28-14-11-25(5)12-15-28)26(20-31(38)39)9-8-18-42-32(40)10-6-7-17-34;/h11-16,19,23-24,26H,6-10,17-18,20-22,34H2,1-5H3,(H,38,39)(H2,35,36,41);1H. The first kappa shape index (κ1) is 37.7. The average molecular weight is 619 g/mol. The fourth-order valence-electron chi connectivity index (χ4n) is 4.86. The zero-order valence-corrected chi connectivity index (χ0v) is 27.2. The molecule has 2 aromatic carbocycles. The Balaban J connectivity index is 0.00000924. The number of anilines is 3. The summed E-state index contributed by atoms with van der Waals surface area (Å²) >= 11 is 0. The van der Waals surface area contributed by atoms with Crippen LogP contribution in [0.25, 0.3) is 0 Å². The van der Waals surface area contributed by atoms with Gasteiger partial charge in [-0.2, -0.15) is 0 Å². The van der Waals surface area contributed by atoms with Gasteiger partial charge in [0.25, 0.3) is 0 Å². The lowest BCUT2D eigenvalue weighted by molar-refractivity contribution is -0.144. The number of unbranched alkanes of at least 4 members (excludes halogenated alkanes) is 1. The lowest BCUT2D eigenvalue weighted by atomic mass is 9.90. The first-order chi connectivity index (χ1) is 20.0. The van der Waals surface area contributed by atoms with Gasteiger partial charge >= 0.3 is 18.0 Å². The summed E-state index contributed by atoms with van der Waals surface area (Å²) in [5, 5.41) is 15.6. The highest BCUT2D eigenvalue weighted by Gasteiger charge is 2.21. The highest BCUT2D eigenvalue weighted by molar-refractivity contribution is 6.02. The Bertz CT molecular complexity index is 1130. The van der Waals surface area contributed by atoms with Gasteiger partial charge in [0.15, 0.2) is 0 Å². The molecule has 0 heterocycles. The molecule has 0 aliphatic rings. The van der Waals surface area contributed by atoms with Crippen LogP contribution in [0.15, 0.2) is 42.5 Å². The Hall–Kier alpha value is -3.30. The number of aryl methyl sites for hydroxylation is 1. The zero-order valence-electron chi connectivity index (χ0n) is 26.4. The van der Waals surface area contributed by atoms with Gasteiger partial charge in [-0.3, -0.25) is 9.59 Å². The van der Waals surface area contributed by atoms with Gasteiger partial charge in [0.2, 0.25) is 0 Å². The SMILES string of the molecule is Cc1ccc(NC(=O)Nc2cc(C(CCCOC(=O)CCCCN)CC(=O)O)ccc2N(CC(C)C)CC(C)C)cc1.Cl. The van der Waals surface area contributed by atoms with Crippen LogP contribution in [0.3, 0.4) is 0 Å². The van der Waals surface area contributed by atoms with Crippen molar-refractivity contribution in [1.82, 2.24) is 0 Å². The summed E-state index contributed by atoms with van der Waals surface area (Å²) < 4.78 is 5.35. The van der Waals surface area contributed by atoms with Gasteiger partial charge in [0.05, 0.1) is 24.4 Å². The van der Waals surface area contributed by atoms with Crippen molar-refractivity contribution in [2.24, 2.45) is 17.6 Å². The molecular formula is C33H51ClN4O5. The second-order valence-corrected chi connectivity index (χ2v) is 11.8. The minimum atomic E-state index is -0.907. The van der Waals surface area contributed by atoms with E-state index in [0.29, 0.717) is 55.4 Å². The molecule has 0 radical (unpaired) electrons. The minimum absolute atomic E-state index is 0. The fraction of sp³-hybridized carbons (Fsp3) is 0.545. The number of halogens is 1. The molecule has 0 bridgehead atoms. The largest absolute Gasteiger partial charge is 0.481 e. The van der Waals surface area contributed by atoms with Crippen LogP contribution in [0.4, 0.5) is 21.9 Å². The smallest absolute Gasteiger partial charge is 0.323 e. The monoisotopic (exact) mass is 618 g/mol. The molecule has 2 rings (SSSR count). The number of nitrogens with zero attached hydrogens (tertiary/aromatic N) is 1. The maximum absolute atomic E-state index is 13.1. The average Bonchev–Trinajstić information content (AvgIpc) is 2.90. The van der Waals surface area contributed by atoms with E-state index in [2.05, 4.69) is 43.2 Å². The molecule has 2 amide bonds. The molecular weight excluding hydrogens is 568 g/mol. The number of carbonyl (C=O) groups excluding carboxylic acids is 2. The van der Waals surface area contributed by atoms with Crippen LogP contribution in [0, 0.1) is 18.8 Å². The third-order valence-corrected chi connectivity index (χ3v) is 6.78. The molecule has 0 saturated heterocycles. The molecule has 2 aromatic rings. The second kappa shape index (κ2) is 19.8. The van der Waals surface area contributed by atoms with Crippen molar-refractivity contribution in [3.63, 3.8) is 0 Å². The Morgan fingerprint density at radius 1 is 0.930 bits per heavy atom. The van der Waals surface area contributed by atoms with Crippen molar-refractivity contribution < 1.29 is 24.2 Å². The Morgan fingerprint density at radius 2 is 1.58 bits per heavy atom. The van der Waals surface area contributed by atoms with Gasteiger partial charge in [-0.05, 0) is 86.7 Å². The third kappa shape index (κ3) is 14.6. The summed E-state index contributed by atoms with van der Waals surface area (Å²) in [4.78, 5) is 39.1. The van der Waals surface area contributed by atoms with E-state index >= 15 is 0 Å². The molecule has 240 valence electrons.